The monoisotopic (exact) mass is 212 g/mol. The maximum Gasteiger partial charge on any atom is 0.254 e. The SMILES string of the molecule is CC(F)(F)C1(c2cccc(O)c2)CCC1. The number of phenols is 1. The van der Waals surface area contributed by atoms with Crippen molar-refractivity contribution >= 4 is 0 Å². The topological polar surface area (TPSA) is 20.2 Å². The van der Waals surface area contributed by atoms with Gasteiger partial charge in [0.05, 0.1) is 5.41 Å². The molecule has 3 heteroatoms. The summed E-state index contributed by atoms with van der Waals surface area (Å²) >= 11 is 0. The normalized spacial score (nSPS) is 19.7. The van der Waals surface area contributed by atoms with E-state index in [-0.39, 0.29) is 5.75 Å². The highest BCUT2D eigenvalue weighted by Crippen LogP contribution is 2.53. The molecule has 0 heterocycles. The van der Waals surface area contributed by atoms with Crippen LogP contribution in [-0.4, -0.2) is 11.0 Å². The average molecular weight is 212 g/mol. The van der Waals surface area contributed by atoms with Crippen molar-refractivity contribution in [2.75, 3.05) is 0 Å². The summed E-state index contributed by atoms with van der Waals surface area (Å²) in [6, 6.07) is 6.26. The first-order valence-corrected chi connectivity index (χ1v) is 5.13. The Balaban J connectivity index is 2.43. The third kappa shape index (κ3) is 1.50. The van der Waals surface area contributed by atoms with Gasteiger partial charge in [0.1, 0.15) is 5.75 Å². The van der Waals surface area contributed by atoms with Crippen molar-refractivity contribution in [2.24, 2.45) is 0 Å². The Bertz CT molecular complexity index is 364. The predicted octanol–water partition coefficient (Wildman–Crippen LogP) is 3.47. The van der Waals surface area contributed by atoms with Crippen molar-refractivity contribution in [1.82, 2.24) is 0 Å². The Morgan fingerprint density at radius 1 is 1.33 bits per heavy atom. The van der Waals surface area contributed by atoms with Crippen LogP contribution in [-0.2, 0) is 5.41 Å². The summed E-state index contributed by atoms with van der Waals surface area (Å²) in [6.45, 7) is 0.968. The van der Waals surface area contributed by atoms with E-state index in [4.69, 9.17) is 0 Å². The molecule has 0 aliphatic heterocycles. The Hall–Kier alpha value is -1.12. The number of hydrogen-bond acceptors (Lipinski definition) is 1. The van der Waals surface area contributed by atoms with Gasteiger partial charge < -0.3 is 5.11 Å². The lowest BCUT2D eigenvalue weighted by Crippen LogP contribution is -2.48. The molecule has 1 aliphatic rings. The van der Waals surface area contributed by atoms with E-state index < -0.39 is 11.3 Å². The highest BCUT2D eigenvalue weighted by atomic mass is 19.3. The number of aromatic hydroxyl groups is 1. The van der Waals surface area contributed by atoms with Crippen LogP contribution in [0.25, 0.3) is 0 Å². The van der Waals surface area contributed by atoms with Crippen LogP contribution in [0, 0.1) is 0 Å². The lowest BCUT2D eigenvalue weighted by atomic mass is 9.61. The second kappa shape index (κ2) is 3.19. The van der Waals surface area contributed by atoms with Crippen LogP contribution in [0.3, 0.4) is 0 Å². The molecular formula is C12H14F2O. The Kier molecular flexibility index (Phi) is 2.21. The molecule has 1 nitrogen and oxygen atoms in total. The minimum atomic E-state index is -2.72. The summed E-state index contributed by atoms with van der Waals surface area (Å²) in [7, 11) is 0. The Labute approximate surface area is 87.7 Å². The van der Waals surface area contributed by atoms with Crippen molar-refractivity contribution in [2.45, 2.75) is 37.5 Å². The lowest BCUT2D eigenvalue weighted by Gasteiger charge is -2.46. The largest absolute Gasteiger partial charge is 0.508 e. The minimum Gasteiger partial charge on any atom is -0.508 e. The molecule has 1 aromatic rings. The molecule has 2 rings (SSSR count). The van der Waals surface area contributed by atoms with Crippen molar-refractivity contribution in [3.8, 4) is 5.75 Å². The van der Waals surface area contributed by atoms with Gasteiger partial charge in [-0.05, 0) is 30.5 Å². The first-order chi connectivity index (χ1) is 6.96. The van der Waals surface area contributed by atoms with Gasteiger partial charge in [0.25, 0.3) is 5.92 Å². The summed E-state index contributed by atoms with van der Waals surface area (Å²) in [6.07, 6.45) is 1.83. The third-order valence-corrected chi connectivity index (χ3v) is 3.45. The van der Waals surface area contributed by atoms with E-state index in [1.54, 1.807) is 12.1 Å². The molecule has 0 bridgehead atoms. The van der Waals surface area contributed by atoms with Crippen LogP contribution in [0.2, 0.25) is 0 Å². The second-order valence-electron chi connectivity index (χ2n) is 4.37. The van der Waals surface area contributed by atoms with Crippen LogP contribution >= 0.6 is 0 Å². The van der Waals surface area contributed by atoms with Gasteiger partial charge >= 0.3 is 0 Å². The van der Waals surface area contributed by atoms with Gasteiger partial charge in [0.2, 0.25) is 0 Å². The number of phenolic OH excluding ortho intramolecular Hbond substituents is 1. The number of benzene rings is 1. The molecule has 1 aliphatic carbocycles. The first kappa shape index (κ1) is 10.4. The maximum atomic E-state index is 13.6. The van der Waals surface area contributed by atoms with E-state index in [1.807, 2.05) is 0 Å². The molecule has 0 unspecified atom stereocenters. The molecule has 0 atom stereocenters. The van der Waals surface area contributed by atoms with Gasteiger partial charge in [-0.1, -0.05) is 18.6 Å². The van der Waals surface area contributed by atoms with Crippen LogP contribution < -0.4 is 0 Å². The summed E-state index contributed by atoms with van der Waals surface area (Å²) in [5, 5.41) is 9.32. The van der Waals surface area contributed by atoms with E-state index in [0.717, 1.165) is 13.3 Å². The highest BCUT2D eigenvalue weighted by Gasteiger charge is 2.54. The van der Waals surface area contributed by atoms with Gasteiger partial charge in [0.15, 0.2) is 0 Å². The van der Waals surface area contributed by atoms with Gasteiger partial charge in [-0.3, -0.25) is 0 Å². The predicted molar refractivity (Wildman–Crippen MR) is 54.3 cm³/mol. The van der Waals surface area contributed by atoms with E-state index in [0.29, 0.717) is 18.4 Å². The highest BCUT2D eigenvalue weighted by molar-refractivity contribution is 5.36. The molecule has 0 radical (unpaired) electrons. The van der Waals surface area contributed by atoms with E-state index in [2.05, 4.69) is 0 Å². The van der Waals surface area contributed by atoms with Gasteiger partial charge in [-0.2, -0.15) is 0 Å². The van der Waals surface area contributed by atoms with Gasteiger partial charge in [0, 0.05) is 6.92 Å². The molecule has 1 aromatic carbocycles. The fourth-order valence-electron chi connectivity index (χ4n) is 2.32. The zero-order valence-electron chi connectivity index (χ0n) is 8.63. The van der Waals surface area contributed by atoms with E-state index >= 15 is 0 Å². The molecule has 0 saturated heterocycles. The molecule has 15 heavy (non-hydrogen) atoms. The van der Waals surface area contributed by atoms with Crippen molar-refractivity contribution in [3.63, 3.8) is 0 Å². The summed E-state index contributed by atoms with van der Waals surface area (Å²) in [5.41, 5.74) is -0.493. The molecule has 1 fully saturated rings. The Morgan fingerprint density at radius 2 is 2.00 bits per heavy atom. The fraction of sp³-hybridized carbons (Fsp3) is 0.500. The maximum absolute atomic E-state index is 13.6. The van der Waals surface area contributed by atoms with Gasteiger partial charge in [-0.15, -0.1) is 0 Å². The van der Waals surface area contributed by atoms with Crippen LogP contribution in [0.1, 0.15) is 31.7 Å². The van der Waals surface area contributed by atoms with Crippen molar-refractivity contribution in [1.29, 1.82) is 0 Å². The molecular weight excluding hydrogens is 198 g/mol. The average Bonchev–Trinajstić information content (AvgIpc) is 1.98. The second-order valence-corrected chi connectivity index (χ2v) is 4.37. The zero-order chi connectivity index (χ0) is 11.1. The lowest BCUT2D eigenvalue weighted by molar-refractivity contribution is -0.0970. The zero-order valence-corrected chi connectivity index (χ0v) is 8.63. The smallest absolute Gasteiger partial charge is 0.254 e. The van der Waals surface area contributed by atoms with E-state index in [9.17, 15) is 13.9 Å². The molecule has 1 saturated carbocycles. The van der Waals surface area contributed by atoms with Crippen LogP contribution in [0.5, 0.6) is 5.75 Å². The minimum absolute atomic E-state index is 0.0584. The van der Waals surface area contributed by atoms with Crippen LogP contribution in [0.4, 0.5) is 8.78 Å². The summed E-state index contributed by atoms with van der Waals surface area (Å²) in [4.78, 5) is 0. The number of alkyl halides is 2. The molecule has 0 spiro atoms. The first-order valence-electron chi connectivity index (χ1n) is 5.13. The molecule has 0 aromatic heterocycles. The quantitative estimate of drug-likeness (QED) is 0.795. The molecule has 82 valence electrons. The summed E-state index contributed by atoms with van der Waals surface area (Å²) < 4.78 is 27.1. The van der Waals surface area contributed by atoms with Gasteiger partial charge in [-0.25, -0.2) is 8.78 Å². The third-order valence-electron chi connectivity index (χ3n) is 3.45. The summed E-state index contributed by atoms with van der Waals surface area (Å²) in [5.74, 6) is -2.66. The fourth-order valence-corrected chi connectivity index (χ4v) is 2.32. The molecule has 1 N–H and O–H groups in total. The molecule has 0 amide bonds. The van der Waals surface area contributed by atoms with E-state index in [1.165, 1.54) is 12.1 Å². The number of halogens is 2. The number of rotatable bonds is 2. The standard InChI is InChI=1S/C12H14F2O/c1-11(13,14)12(6-3-7-12)9-4-2-5-10(15)8-9/h2,4-5,8,15H,3,6-7H2,1H3. The Morgan fingerprint density at radius 3 is 2.40 bits per heavy atom. The van der Waals surface area contributed by atoms with Crippen molar-refractivity contribution < 1.29 is 13.9 Å². The van der Waals surface area contributed by atoms with Crippen LogP contribution in [0.15, 0.2) is 24.3 Å². The van der Waals surface area contributed by atoms with Crippen molar-refractivity contribution in [3.05, 3.63) is 29.8 Å². The number of hydrogen-bond donors (Lipinski definition) is 1.